The van der Waals surface area contributed by atoms with Gasteiger partial charge >= 0.3 is 5.97 Å². The van der Waals surface area contributed by atoms with E-state index in [0.29, 0.717) is 0 Å². The Morgan fingerprint density at radius 2 is 1.89 bits per heavy atom. The number of hydrogen-bond acceptors (Lipinski definition) is 7. The lowest BCUT2D eigenvalue weighted by molar-refractivity contribution is -0.893. The predicted octanol–water partition coefficient (Wildman–Crippen LogP) is -1.90. The Kier molecular flexibility index (Phi) is 6.57. The van der Waals surface area contributed by atoms with Crippen LogP contribution in [0.3, 0.4) is 0 Å². The lowest BCUT2D eigenvalue weighted by atomic mass is 10.3. The number of carbonyl (C=O) groups excluding carboxylic acids is 2. The van der Waals surface area contributed by atoms with Gasteiger partial charge in [-0.05, 0) is 0 Å². The van der Waals surface area contributed by atoms with Crippen LogP contribution < -0.4 is 0 Å². The van der Waals surface area contributed by atoms with Crippen molar-refractivity contribution in [1.29, 1.82) is 0 Å². The highest BCUT2D eigenvalue weighted by Crippen LogP contribution is 2.02. The summed E-state index contributed by atoms with van der Waals surface area (Å²) in [6.45, 7) is 1.33. The number of aliphatic hydroxyl groups is 1. The molecule has 19 heavy (non-hydrogen) atoms. The van der Waals surface area contributed by atoms with Gasteiger partial charge < -0.3 is 18.9 Å². The van der Waals surface area contributed by atoms with Crippen LogP contribution in [0.25, 0.3) is 0 Å². The third kappa shape index (κ3) is 9.54. The molecule has 0 aromatic heterocycles. The van der Waals surface area contributed by atoms with Gasteiger partial charge in [0.05, 0.1) is 30.0 Å². The lowest BCUT2D eigenvalue weighted by Crippen LogP contribution is -2.49. The molecule has 0 amide bonds. The fourth-order valence-electron chi connectivity index (χ4n) is 1.44. The molecule has 9 heteroatoms. The van der Waals surface area contributed by atoms with Gasteiger partial charge in [-0.2, -0.15) is 0 Å². The molecule has 1 N–H and O–H groups in total. The minimum atomic E-state index is -4.48. The Morgan fingerprint density at radius 1 is 1.37 bits per heavy atom. The smallest absolute Gasteiger partial charge is 0.374 e. The normalized spacial score (nSPS) is 13.9. The largest absolute Gasteiger partial charge is 0.748 e. The molecule has 8 nitrogen and oxygen atoms in total. The molecular weight excluding hydrogens is 278 g/mol. The molecule has 0 aliphatic heterocycles. The van der Waals surface area contributed by atoms with Crippen LogP contribution in [0.1, 0.15) is 6.92 Å². The molecule has 0 aromatic carbocycles. The monoisotopic (exact) mass is 297 g/mol. The van der Waals surface area contributed by atoms with Crippen molar-refractivity contribution in [3.8, 4) is 0 Å². The lowest BCUT2D eigenvalue weighted by Gasteiger charge is -2.31. The average molecular weight is 297 g/mol. The van der Waals surface area contributed by atoms with Crippen molar-refractivity contribution in [2.24, 2.45) is 0 Å². The molecule has 0 rings (SSSR count). The molecule has 0 radical (unpaired) electrons. The summed E-state index contributed by atoms with van der Waals surface area (Å²) in [5, 5.41) is 9.46. The Bertz CT molecular complexity index is 429. The molecule has 1 atom stereocenters. The summed E-state index contributed by atoms with van der Waals surface area (Å²) >= 11 is 0. The maximum Gasteiger partial charge on any atom is 0.374 e. The third-order valence-electron chi connectivity index (χ3n) is 2.32. The van der Waals surface area contributed by atoms with Crippen LogP contribution in [0.2, 0.25) is 0 Å². The molecule has 0 saturated carbocycles. The molecule has 0 bridgehead atoms. The number of ketones is 1. The average Bonchev–Trinajstić information content (AvgIpc) is 2.12. The standard InChI is InChI=1S/C10H19NO7S/c1-8(12)10(14)18-5-4-11(2,3)6-9(13)7-19(15,16)17/h9,13H,4-7H2,1-3H3. The summed E-state index contributed by atoms with van der Waals surface area (Å²) in [5.41, 5.74) is 0. The summed E-state index contributed by atoms with van der Waals surface area (Å²) in [6, 6.07) is 0. The number of rotatable bonds is 8. The summed E-state index contributed by atoms with van der Waals surface area (Å²) in [5.74, 6) is -2.51. The van der Waals surface area contributed by atoms with Crippen LogP contribution in [-0.2, 0) is 24.4 Å². The van der Waals surface area contributed by atoms with Crippen molar-refractivity contribution in [2.45, 2.75) is 13.0 Å². The number of carbonyl (C=O) groups is 2. The molecule has 0 saturated heterocycles. The number of aliphatic hydroxyl groups excluding tert-OH is 1. The van der Waals surface area contributed by atoms with Crippen LogP contribution in [-0.4, -0.2) is 80.0 Å². The summed E-state index contributed by atoms with van der Waals surface area (Å²) in [7, 11) is -1.14. The van der Waals surface area contributed by atoms with Crippen LogP contribution >= 0.6 is 0 Å². The van der Waals surface area contributed by atoms with E-state index in [2.05, 4.69) is 4.74 Å². The van der Waals surface area contributed by atoms with Gasteiger partial charge in [0.1, 0.15) is 25.8 Å². The minimum absolute atomic E-state index is 0.0130. The molecule has 112 valence electrons. The first-order valence-electron chi connectivity index (χ1n) is 5.54. The van der Waals surface area contributed by atoms with E-state index in [9.17, 15) is 27.7 Å². The van der Waals surface area contributed by atoms with E-state index in [4.69, 9.17) is 0 Å². The SMILES string of the molecule is CC(=O)C(=O)OCC[N+](C)(C)CC(O)CS(=O)(=O)[O-]. The molecule has 0 fully saturated rings. The van der Waals surface area contributed by atoms with E-state index in [1.165, 1.54) is 0 Å². The van der Waals surface area contributed by atoms with Gasteiger partial charge in [-0.15, -0.1) is 0 Å². The second-order valence-corrected chi connectivity index (χ2v) is 6.36. The maximum atomic E-state index is 10.9. The van der Waals surface area contributed by atoms with Gasteiger partial charge in [-0.25, -0.2) is 13.2 Å². The molecule has 0 heterocycles. The highest BCUT2D eigenvalue weighted by Gasteiger charge is 2.23. The van der Waals surface area contributed by atoms with E-state index in [1.807, 2.05) is 0 Å². The van der Waals surface area contributed by atoms with Crippen molar-refractivity contribution in [3.05, 3.63) is 0 Å². The zero-order valence-corrected chi connectivity index (χ0v) is 12.0. The highest BCUT2D eigenvalue weighted by atomic mass is 32.2. The van der Waals surface area contributed by atoms with Crippen molar-refractivity contribution < 1.29 is 36.9 Å². The molecule has 1 unspecified atom stereocenters. The first-order chi connectivity index (χ1) is 8.43. The number of nitrogens with zero attached hydrogens (tertiary/aromatic N) is 1. The van der Waals surface area contributed by atoms with Crippen LogP contribution in [0.4, 0.5) is 0 Å². The van der Waals surface area contributed by atoms with Crippen molar-refractivity contribution >= 4 is 21.9 Å². The second-order valence-electron chi connectivity index (χ2n) is 4.91. The molecular formula is C10H19NO7S. The Labute approximate surface area is 112 Å². The van der Waals surface area contributed by atoms with Crippen molar-refractivity contribution in [2.75, 3.05) is 39.5 Å². The van der Waals surface area contributed by atoms with Gasteiger partial charge in [0.25, 0.3) is 0 Å². The first-order valence-corrected chi connectivity index (χ1v) is 7.12. The number of ether oxygens (including phenoxy) is 1. The van der Waals surface area contributed by atoms with Gasteiger partial charge in [0.15, 0.2) is 0 Å². The Balaban J connectivity index is 4.18. The van der Waals surface area contributed by atoms with Crippen LogP contribution in [0, 0.1) is 0 Å². The summed E-state index contributed by atoms with van der Waals surface area (Å²) in [6.07, 6.45) is -1.29. The predicted molar refractivity (Wildman–Crippen MR) is 64.1 cm³/mol. The van der Waals surface area contributed by atoms with E-state index in [0.717, 1.165) is 6.92 Å². The molecule has 0 aliphatic carbocycles. The van der Waals surface area contributed by atoms with Crippen molar-refractivity contribution in [3.63, 3.8) is 0 Å². The summed E-state index contributed by atoms with van der Waals surface area (Å²) in [4.78, 5) is 21.5. The van der Waals surface area contributed by atoms with Crippen molar-refractivity contribution in [1.82, 2.24) is 0 Å². The Morgan fingerprint density at radius 3 is 2.32 bits per heavy atom. The Hall–Kier alpha value is -1.03. The highest BCUT2D eigenvalue weighted by molar-refractivity contribution is 7.85. The second kappa shape index (κ2) is 6.94. The quantitative estimate of drug-likeness (QED) is 0.240. The molecule has 0 aliphatic rings. The maximum absolute atomic E-state index is 10.9. The topological polar surface area (TPSA) is 121 Å². The van der Waals surface area contributed by atoms with Crippen LogP contribution in [0.5, 0.6) is 0 Å². The molecule has 0 aromatic rings. The minimum Gasteiger partial charge on any atom is -0.748 e. The number of likely N-dealkylation sites (N-methyl/N-ethyl adjacent to an activating group) is 1. The fraction of sp³-hybridized carbons (Fsp3) is 0.800. The summed E-state index contributed by atoms with van der Waals surface area (Å²) < 4.78 is 36.2. The van der Waals surface area contributed by atoms with Gasteiger partial charge in [0.2, 0.25) is 5.78 Å². The van der Waals surface area contributed by atoms with E-state index >= 15 is 0 Å². The third-order valence-corrected chi connectivity index (χ3v) is 3.11. The number of Topliss-reactive ketones (excluding diaryl/α,β-unsaturated/α-hetero) is 1. The zero-order chi connectivity index (χ0) is 15.3. The fourth-order valence-corrected chi connectivity index (χ4v) is 2.01. The number of esters is 1. The molecule has 0 spiro atoms. The zero-order valence-electron chi connectivity index (χ0n) is 11.2. The van der Waals surface area contributed by atoms with E-state index < -0.39 is 33.7 Å². The van der Waals surface area contributed by atoms with Gasteiger partial charge in [0, 0.05) is 6.92 Å². The van der Waals surface area contributed by atoms with Gasteiger partial charge in [-0.1, -0.05) is 0 Å². The van der Waals surface area contributed by atoms with Crippen LogP contribution in [0.15, 0.2) is 0 Å². The first kappa shape index (κ1) is 18.0. The number of hydrogen-bond donors (Lipinski definition) is 1. The van der Waals surface area contributed by atoms with E-state index in [1.54, 1.807) is 14.1 Å². The van der Waals surface area contributed by atoms with E-state index in [-0.39, 0.29) is 24.2 Å². The van der Waals surface area contributed by atoms with Gasteiger partial charge in [-0.3, -0.25) is 4.79 Å². The number of quaternary nitrogens is 1.